The summed E-state index contributed by atoms with van der Waals surface area (Å²) < 4.78 is 123. The lowest BCUT2D eigenvalue weighted by Gasteiger charge is -2.34. The average Bonchev–Trinajstić information content (AvgIpc) is 1.70. The van der Waals surface area contributed by atoms with Crippen molar-refractivity contribution in [2.75, 3.05) is 58.6 Å². The highest BCUT2D eigenvalue weighted by Gasteiger charge is 2.45. The fourth-order valence-corrected chi connectivity index (χ4v) is 23.1. The molecular weight excluding hydrogens is 1880 g/mol. The van der Waals surface area contributed by atoms with Crippen molar-refractivity contribution in [3.63, 3.8) is 0 Å². The molecule has 4 aromatic carbocycles. The van der Waals surface area contributed by atoms with E-state index in [9.17, 15) is 67.5 Å². The maximum absolute atomic E-state index is 13.4. The smallest absolute Gasteiger partial charge is 0.281 e. The Morgan fingerprint density at radius 2 is 0.908 bits per heavy atom. The molecule has 4 aliphatic heterocycles. The van der Waals surface area contributed by atoms with Gasteiger partial charge in [-0.15, -0.1) is 0 Å². The molecule has 0 bridgehead atoms. The van der Waals surface area contributed by atoms with E-state index >= 15 is 0 Å². The second-order valence-corrected chi connectivity index (χ2v) is 46.0. The van der Waals surface area contributed by atoms with Gasteiger partial charge in [0.25, 0.3) is 74.8 Å². The van der Waals surface area contributed by atoms with Gasteiger partial charge in [0.15, 0.2) is 14.8 Å². The van der Waals surface area contributed by atoms with Gasteiger partial charge in [-0.25, -0.2) is 69.1 Å². The first-order valence-electron chi connectivity index (χ1n) is 46.3. The zero-order chi connectivity index (χ0) is 102. The van der Waals surface area contributed by atoms with Crippen LogP contribution in [0.2, 0.25) is 0 Å². The van der Waals surface area contributed by atoms with Crippen molar-refractivity contribution in [1.82, 2.24) is 58.8 Å². The maximum Gasteiger partial charge on any atom is 0.281 e. The molecule has 4 fully saturated rings. The van der Waals surface area contributed by atoms with Crippen LogP contribution in [0.3, 0.4) is 0 Å². The molecule has 5 atom stereocenters. The molecule has 4 saturated heterocycles. The molecular formula is C103H121N17O17S4. The number of sulfonamides is 4. The highest BCUT2D eigenvalue weighted by Crippen LogP contribution is 2.44. The van der Waals surface area contributed by atoms with Crippen molar-refractivity contribution in [3.05, 3.63) is 273 Å². The first kappa shape index (κ1) is 104. The van der Waals surface area contributed by atoms with Crippen molar-refractivity contribution in [3.8, 4) is 39.9 Å². The number of fused-ring (bicyclic) bond motifs is 1. The molecule has 0 saturated carbocycles. The number of ether oxygens (including phenoxy) is 2. The van der Waals surface area contributed by atoms with Gasteiger partial charge in [-0.3, -0.25) is 28.8 Å². The molecule has 8 aromatic heterocycles. The number of carbonyl (C=O) groups excluding carboxylic acids is 4. The number of amides is 4. The third-order valence-electron chi connectivity index (χ3n) is 25.0. The average molecular weight is 2000 g/mol. The number of nitrogen functional groups attached to an aromatic ring is 1. The summed E-state index contributed by atoms with van der Waals surface area (Å²) in [7, 11) is -15.6. The molecule has 1 unspecified atom stereocenters. The first-order valence-corrected chi connectivity index (χ1v) is 52.2. The number of nitrogens with one attached hydrogen (secondary N) is 6. The molecule has 744 valence electrons. The molecule has 0 spiro atoms. The van der Waals surface area contributed by atoms with Crippen molar-refractivity contribution in [1.29, 1.82) is 0 Å². The van der Waals surface area contributed by atoms with Gasteiger partial charge in [-0.2, -0.15) is 13.4 Å². The van der Waals surface area contributed by atoms with Crippen molar-refractivity contribution in [2.24, 2.45) is 29.6 Å². The minimum absolute atomic E-state index is 0.114. The Balaban J connectivity index is 0.000000159. The molecule has 9 N–H and O–H groups in total. The van der Waals surface area contributed by atoms with Crippen LogP contribution in [0, 0.1) is 36.5 Å². The van der Waals surface area contributed by atoms with E-state index in [-0.39, 0.29) is 77.9 Å². The Morgan fingerprint density at radius 1 is 0.461 bits per heavy atom. The highest BCUT2D eigenvalue weighted by molar-refractivity contribution is 7.91. The normalized spacial score (nSPS) is 17.6. The van der Waals surface area contributed by atoms with Crippen LogP contribution in [-0.4, -0.2) is 164 Å². The van der Waals surface area contributed by atoms with Crippen LogP contribution in [0.5, 0.6) is 17.4 Å². The van der Waals surface area contributed by atoms with Crippen LogP contribution < -0.4 is 64.8 Å². The summed E-state index contributed by atoms with van der Waals surface area (Å²) in [6.45, 7) is 36.1. The van der Waals surface area contributed by atoms with Crippen LogP contribution in [0.15, 0.2) is 242 Å². The quantitative estimate of drug-likeness (QED) is 0.0263. The number of nitrogens with two attached hydrogens (primary N) is 1. The molecule has 16 rings (SSSR count). The van der Waals surface area contributed by atoms with E-state index in [2.05, 4.69) is 151 Å². The molecule has 34 nitrogen and oxygen atoms in total. The van der Waals surface area contributed by atoms with Gasteiger partial charge in [0.05, 0.1) is 40.8 Å². The van der Waals surface area contributed by atoms with Gasteiger partial charge in [-0.1, -0.05) is 96.1 Å². The standard InChI is InChI=1S/C28H29N5O4S.C27H32N4O4S.C26H30N4O5S.C22H30N4O4S/c1-17-15-28(2,3)33(16-17)26-22(27(35)32-38(36,37)24-5-4-12-30-25(24)29)10-11-23(31-26)20-7-6-19-14-21(34)9-8-18(19)13-20;1-19-17-27(3,4)31(18-19)25-22(12-9-15-28-25)26(32)30-36(33,34)24-14-8-13-23(29-24)35-20(2)16-21-10-6-5-7-11-21;1-16-14-26(3,4)30(15-16)23-20(24(31)29-36(33,34)22-7-6-12-27-25(22)32)10-11-21(28-23)19-9-8-18(35-5)13-17(19)2;1-14(2)11-16-8-9-17(19(24-16)26-13-15(3)12-22(26,4)5)20(27)25-31(29,30)18-7-6-10-23-21(18)28/h4-14,17,34H,15-16H2,1-3H3,(H2,29,30)(H,32,35);5-15,19-20H,16-18H2,1-4H3,(H,30,32);6-13,16H,14-15H2,1-5H3,(H,27,32)(H,29,31);6-10,14-15H,11-13H2,1-5H3,(H,23,28)(H,25,27)/t17-;19?,20-;16-;15-/m0000/s1. The Labute approximate surface area is 822 Å². The van der Waals surface area contributed by atoms with E-state index in [1.54, 1.807) is 86.1 Å². The Hall–Kier alpha value is -14.0. The third kappa shape index (κ3) is 24.7. The van der Waals surface area contributed by atoms with Crippen molar-refractivity contribution >= 4 is 104 Å². The van der Waals surface area contributed by atoms with E-state index in [0.717, 1.165) is 102 Å². The number of benzene rings is 4. The number of methoxy groups -OCH3 is 1. The van der Waals surface area contributed by atoms with E-state index < -0.39 is 84.6 Å². The van der Waals surface area contributed by atoms with Gasteiger partial charge in [-0.05, 0) is 280 Å². The largest absolute Gasteiger partial charge is 0.508 e. The number of hydrogen-bond donors (Lipinski definition) is 8. The number of phenols is 1. The number of H-pyrrole nitrogens is 2. The number of aromatic nitrogens is 8. The summed E-state index contributed by atoms with van der Waals surface area (Å²) in [5.74, 6) is 1.37. The number of rotatable bonds is 25. The van der Waals surface area contributed by atoms with Crippen LogP contribution >= 0.6 is 0 Å². The second kappa shape index (κ2) is 42.2. The minimum Gasteiger partial charge on any atom is -0.508 e. The molecule has 0 aliphatic carbocycles. The van der Waals surface area contributed by atoms with Crippen molar-refractivity contribution < 1.29 is 67.4 Å². The van der Waals surface area contributed by atoms with Gasteiger partial charge in [0, 0.05) is 102 Å². The molecule has 38 heteroatoms. The van der Waals surface area contributed by atoms with E-state index in [1.807, 2.05) is 96.1 Å². The summed E-state index contributed by atoms with van der Waals surface area (Å²) in [6, 6.07) is 51.9. The van der Waals surface area contributed by atoms with E-state index in [4.69, 9.17) is 30.2 Å². The predicted octanol–water partition coefficient (Wildman–Crippen LogP) is 14.8. The van der Waals surface area contributed by atoms with Gasteiger partial charge >= 0.3 is 0 Å². The first-order chi connectivity index (χ1) is 66.3. The van der Waals surface area contributed by atoms with Gasteiger partial charge < -0.3 is 49.9 Å². The highest BCUT2D eigenvalue weighted by atomic mass is 32.2. The van der Waals surface area contributed by atoms with Gasteiger partial charge in [0.2, 0.25) is 5.88 Å². The predicted molar refractivity (Wildman–Crippen MR) is 544 cm³/mol. The van der Waals surface area contributed by atoms with E-state index in [1.165, 1.54) is 48.9 Å². The number of hydrogen-bond acceptors (Lipinski definition) is 28. The summed E-state index contributed by atoms with van der Waals surface area (Å²) in [5, 5.41) is 11.3. The molecule has 141 heavy (non-hydrogen) atoms. The maximum atomic E-state index is 13.4. The molecule has 4 aliphatic rings. The Bertz CT molecular complexity index is 7330. The van der Waals surface area contributed by atoms with Crippen LogP contribution in [0.1, 0.15) is 188 Å². The molecule has 0 radical (unpaired) electrons. The zero-order valence-electron chi connectivity index (χ0n) is 81.9. The number of aromatic hydroxyl groups is 1. The summed E-state index contributed by atoms with van der Waals surface area (Å²) in [5.41, 5.74) is 9.65. The second-order valence-electron chi connectivity index (χ2n) is 39.4. The number of carbonyl (C=O) groups is 4. The number of aromatic amines is 2. The van der Waals surface area contributed by atoms with Crippen LogP contribution in [0.4, 0.5) is 29.1 Å². The lowest BCUT2D eigenvalue weighted by atomic mass is 9.97. The number of aryl methyl sites for hydroxylation is 1. The molecule has 12 heterocycles. The minimum atomic E-state index is -4.40. The number of phenolic OH excluding ortho intramolecular Hbond substituents is 1. The summed E-state index contributed by atoms with van der Waals surface area (Å²) >= 11 is 0. The monoisotopic (exact) mass is 2000 g/mol. The fourth-order valence-electron chi connectivity index (χ4n) is 19.0. The topological polar surface area (TPSA) is 474 Å². The third-order valence-corrected chi connectivity index (χ3v) is 30.3. The van der Waals surface area contributed by atoms with Crippen molar-refractivity contribution in [2.45, 2.75) is 197 Å². The molecule has 4 amide bonds. The van der Waals surface area contributed by atoms with E-state index in [0.29, 0.717) is 83.8 Å². The summed E-state index contributed by atoms with van der Waals surface area (Å²) in [4.78, 5) is 115. The number of anilines is 5. The van der Waals surface area contributed by atoms with Crippen LogP contribution in [0.25, 0.3) is 33.3 Å². The summed E-state index contributed by atoms with van der Waals surface area (Å²) in [6.07, 6.45) is 10.5. The number of nitrogens with zero attached hydrogens (tertiary/aromatic N) is 10. The lowest BCUT2D eigenvalue weighted by Crippen LogP contribution is -2.41. The van der Waals surface area contributed by atoms with Crippen LogP contribution in [-0.2, 0) is 52.9 Å². The number of pyridine rings is 8. The Morgan fingerprint density at radius 3 is 1.40 bits per heavy atom. The zero-order valence-corrected chi connectivity index (χ0v) is 85.2. The lowest BCUT2D eigenvalue weighted by molar-refractivity contribution is 0.0972. The van der Waals surface area contributed by atoms with Gasteiger partial charge in [0.1, 0.15) is 51.6 Å². The molecule has 12 aromatic rings. The fraction of sp³-hybridized carbons (Fsp3) is 0.359. The SMILES string of the molecule is CC(C)Cc1ccc(C(=O)NS(=O)(=O)c2ccc[nH]c2=O)c(N2C[C@@H](C)CC2(C)C)n1.CC1CN(c2ncccc2C(=O)NS(=O)(=O)c2cccc(O[C@@H](C)Cc3ccccc3)n2)C(C)(C)C1.COc1ccc(-c2ccc(C(=O)NS(=O)(=O)c3ccc[nH]c3=O)c(N3C[C@@H](C)CC3(C)C)n2)c(C)c1.C[C@@H]1CN(c2nc(-c3ccc4cc(O)ccc4c3)ccc2C(=O)NS(=O)(=O)c2cccnc2N)C(C)(C)C1. The Kier molecular flexibility index (Phi) is 31.2.